The van der Waals surface area contributed by atoms with Crippen LogP contribution in [0.5, 0.6) is 5.75 Å². The lowest BCUT2D eigenvalue weighted by Gasteiger charge is -2.62. The fraction of sp³-hybridized carbons (Fsp3) is 0.523. The van der Waals surface area contributed by atoms with Crippen LogP contribution in [0.15, 0.2) is 66.7 Å². The Bertz CT molecular complexity index is 1880. The minimum absolute atomic E-state index is 0.0437. The van der Waals surface area contributed by atoms with Gasteiger partial charge in [0.15, 0.2) is 0 Å². The number of hydrogen-bond donors (Lipinski definition) is 4. The molecule has 56 heavy (non-hydrogen) atoms. The predicted molar refractivity (Wildman–Crippen MR) is 216 cm³/mol. The van der Waals surface area contributed by atoms with Crippen LogP contribution in [-0.4, -0.2) is 93.1 Å². The summed E-state index contributed by atoms with van der Waals surface area (Å²) in [6, 6.07) is 19.1. The zero-order chi connectivity index (χ0) is 40.5. The Morgan fingerprint density at radius 2 is 1.79 bits per heavy atom. The van der Waals surface area contributed by atoms with Crippen LogP contribution in [-0.2, 0) is 32.1 Å². The summed E-state index contributed by atoms with van der Waals surface area (Å²) in [5.74, 6) is 0.310. The minimum Gasteiger partial charge on any atom is -0.496 e. The highest BCUT2D eigenvalue weighted by molar-refractivity contribution is 5.99. The summed E-state index contributed by atoms with van der Waals surface area (Å²) in [5.41, 5.74) is 10.6. The summed E-state index contributed by atoms with van der Waals surface area (Å²) in [7, 11) is 6.67. The van der Waals surface area contributed by atoms with Crippen molar-refractivity contribution in [2.75, 3.05) is 39.8 Å². The van der Waals surface area contributed by atoms with Crippen LogP contribution in [0.2, 0.25) is 0 Å². The smallest absolute Gasteiger partial charge is 0.328 e. The van der Waals surface area contributed by atoms with Crippen LogP contribution in [0.3, 0.4) is 0 Å². The summed E-state index contributed by atoms with van der Waals surface area (Å²) in [6.07, 6.45) is 0.990. The number of fused-ring (bicyclic) bond motifs is 2. The highest BCUT2D eigenvalue weighted by Crippen LogP contribution is 2.61. The number of nitrogens with two attached hydrogens (primary N) is 1. The molecule has 12 heteroatoms. The first-order chi connectivity index (χ1) is 26.7. The van der Waals surface area contributed by atoms with Crippen LogP contribution in [0.25, 0.3) is 11.1 Å². The number of para-hydroxylation sites is 1. The zero-order valence-corrected chi connectivity index (χ0v) is 34.0. The zero-order valence-electron chi connectivity index (χ0n) is 34.0. The Morgan fingerprint density at radius 3 is 2.39 bits per heavy atom. The Kier molecular flexibility index (Phi) is 12.4. The van der Waals surface area contributed by atoms with Gasteiger partial charge in [-0.1, -0.05) is 69.3 Å². The third kappa shape index (κ3) is 8.16. The van der Waals surface area contributed by atoms with Gasteiger partial charge in [-0.05, 0) is 72.3 Å². The molecule has 0 aromatic heterocycles. The molecule has 4 fully saturated rings. The summed E-state index contributed by atoms with van der Waals surface area (Å²) in [4.78, 5) is 49.3. The van der Waals surface area contributed by atoms with E-state index in [4.69, 9.17) is 20.0 Å². The van der Waals surface area contributed by atoms with Crippen LogP contribution in [0.4, 0.5) is 5.69 Å². The Labute approximate surface area is 331 Å². The molecule has 4 aliphatic rings. The van der Waals surface area contributed by atoms with E-state index in [-0.39, 0.29) is 36.9 Å². The SMILES string of the molecule is COC(=O)[C@H](Cc1ccccc1)NC(=O)c1cc(-c2cccc(CN3O[C@@H](CN)[C@@H]([C@H](C)O)[C@H]3C(=O)N[C@H]3C[C@@H]4C[C@H]([C@@H]3C)C4(C)C)c2OC)cc(N(C)C)c1. The van der Waals surface area contributed by atoms with Crippen molar-refractivity contribution in [3.8, 4) is 16.9 Å². The molecule has 3 aromatic rings. The van der Waals surface area contributed by atoms with E-state index in [0.717, 1.165) is 28.8 Å². The lowest BCUT2D eigenvalue weighted by Crippen LogP contribution is -2.62. The molecule has 3 saturated carbocycles. The Hall–Kier alpha value is -4.49. The van der Waals surface area contributed by atoms with E-state index in [0.29, 0.717) is 34.6 Å². The van der Waals surface area contributed by atoms with E-state index in [2.05, 4.69) is 31.4 Å². The van der Waals surface area contributed by atoms with E-state index in [1.54, 1.807) is 31.2 Å². The van der Waals surface area contributed by atoms with Crippen molar-refractivity contribution < 1.29 is 33.8 Å². The van der Waals surface area contributed by atoms with E-state index >= 15 is 0 Å². The van der Waals surface area contributed by atoms with Gasteiger partial charge in [-0.15, -0.1) is 0 Å². The minimum atomic E-state index is -0.897. The van der Waals surface area contributed by atoms with Crippen molar-refractivity contribution in [3.63, 3.8) is 0 Å². The van der Waals surface area contributed by atoms with Gasteiger partial charge in [0.05, 0.1) is 33.0 Å². The third-order valence-electron chi connectivity index (χ3n) is 12.8. The largest absolute Gasteiger partial charge is 0.496 e. The molecule has 302 valence electrons. The number of carbonyl (C=O) groups is 3. The average Bonchev–Trinajstić information content (AvgIpc) is 3.56. The number of aliphatic hydroxyl groups excluding tert-OH is 1. The highest BCUT2D eigenvalue weighted by Gasteiger charge is 2.57. The second-order valence-corrected chi connectivity index (χ2v) is 16.7. The Morgan fingerprint density at radius 1 is 1.05 bits per heavy atom. The van der Waals surface area contributed by atoms with Gasteiger partial charge in [0, 0.05) is 61.4 Å². The molecule has 7 rings (SSSR count). The maximum absolute atomic E-state index is 14.3. The van der Waals surface area contributed by atoms with Crippen LogP contribution in [0.1, 0.15) is 62.0 Å². The number of benzene rings is 3. The number of rotatable bonds is 14. The number of anilines is 1. The number of esters is 1. The fourth-order valence-corrected chi connectivity index (χ4v) is 9.46. The first-order valence-electron chi connectivity index (χ1n) is 19.7. The normalized spacial score (nSPS) is 26.4. The molecule has 1 aliphatic heterocycles. The molecule has 5 N–H and O–H groups in total. The molecule has 2 amide bonds. The summed E-state index contributed by atoms with van der Waals surface area (Å²) in [6.45, 7) is 8.91. The lowest BCUT2D eigenvalue weighted by atomic mass is 9.45. The number of methoxy groups -OCH3 is 2. The van der Waals surface area contributed by atoms with Gasteiger partial charge in [0.2, 0.25) is 5.91 Å². The predicted octanol–water partition coefficient (Wildman–Crippen LogP) is 4.57. The van der Waals surface area contributed by atoms with Crippen molar-refractivity contribution >= 4 is 23.5 Å². The number of hydroxylamine groups is 2. The molecule has 9 atom stereocenters. The van der Waals surface area contributed by atoms with E-state index in [1.165, 1.54) is 13.5 Å². The van der Waals surface area contributed by atoms with E-state index in [1.807, 2.05) is 73.6 Å². The monoisotopic (exact) mass is 769 g/mol. The number of hydrogen-bond acceptors (Lipinski definition) is 10. The van der Waals surface area contributed by atoms with Gasteiger partial charge in [-0.3, -0.25) is 14.4 Å². The second-order valence-electron chi connectivity index (χ2n) is 16.7. The maximum atomic E-state index is 14.3. The number of amides is 2. The first kappa shape index (κ1) is 41.2. The molecular formula is C44H59N5O7. The molecular weight excluding hydrogens is 711 g/mol. The van der Waals surface area contributed by atoms with Crippen molar-refractivity contribution in [3.05, 3.63) is 83.4 Å². The summed E-state index contributed by atoms with van der Waals surface area (Å²) < 4.78 is 11.1. The molecule has 2 bridgehead atoms. The van der Waals surface area contributed by atoms with Gasteiger partial charge < -0.3 is 35.8 Å². The maximum Gasteiger partial charge on any atom is 0.328 e. The lowest BCUT2D eigenvalue weighted by molar-refractivity contribution is -0.175. The molecule has 3 aromatic carbocycles. The quantitative estimate of drug-likeness (QED) is 0.172. The van der Waals surface area contributed by atoms with E-state index in [9.17, 15) is 19.5 Å². The highest BCUT2D eigenvalue weighted by atomic mass is 16.7. The fourth-order valence-electron chi connectivity index (χ4n) is 9.46. The molecule has 1 saturated heterocycles. The van der Waals surface area contributed by atoms with Crippen molar-refractivity contribution in [2.45, 2.75) is 83.8 Å². The number of aliphatic hydroxyl groups is 1. The molecule has 0 unspecified atom stereocenters. The van der Waals surface area contributed by atoms with Crippen molar-refractivity contribution in [1.82, 2.24) is 15.7 Å². The third-order valence-corrected chi connectivity index (χ3v) is 12.8. The van der Waals surface area contributed by atoms with Crippen LogP contribution < -0.4 is 26.0 Å². The van der Waals surface area contributed by atoms with Gasteiger partial charge >= 0.3 is 5.97 Å². The van der Waals surface area contributed by atoms with Gasteiger partial charge in [0.1, 0.15) is 17.8 Å². The molecule has 1 heterocycles. The van der Waals surface area contributed by atoms with Gasteiger partial charge in [-0.2, -0.15) is 5.06 Å². The summed E-state index contributed by atoms with van der Waals surface area (Å²) >= 11 is 0. The van der Waals surface area contributed by atoms with Gasteiger partial charge in [-0.25, -0.2) is 4.79 Å². The molecule has 3 aliphatic carbocycles. The molecule has 0 radical (unpaired) electrons. The average molecular weight is 770 g/mol. The van der Waals surface area contributed by atoms with Crippen LogP contribution in [0, 0.1) is 29.1 Å². The number of nitrogens with zero attached hydrogens (tertiary/aromatic N) is 2. The van der Waals surface area contributed by atoms with Gasteiger partial charge in [0.25, 0.3) is 5.91 Å². The number of carbonyl (C=O) groups excluding carboxylic acids is 3. The first-order valence-corrected chi connectivity index (χ1v) is 19.7. The van der Waals surface area contributed by atoms with Crippen LogP contribution >= 0.6 is 0 Å². The Balaban J connectivity index is 1.29. The second kappa shape index (κ2) is 16.9. The molecule has 0 spiro atoms. The summed E-state index contributed by atoms with van der Waals surface area (Å²) in [5, 5.41) is 18.9. The standard InChI is InChI=1S/C44H59N5O7/c1-25-34-21-31(44(34,3)4)22-35(25)46-42(52)39-38(26(2)50)37(23-45)56-49(39)24-28-15-12-16-33(40(28)54-7)29-18-30(20-32(19-29)48(5)6)41(51)47-36(43(53)55-8)17-27-13-10-9-11-14-27/h9-16,18-20,25-26,31,34-39,50H,17,21-24,45H2,1-8H3,(H,46,52)(H,47,51)/t25-,26-,31-,34+,35-,36-,37-,38+,39-/m0/s1. The topological polar surface area (TPSA) is 156 Å². The van der Waals surface area contributed by atoms with E-state index < -0.39 is 42.1 Å². The number of nitrogens with one attached hydrogen (secondary N) is 2. The number of ether oxygens (including phenoxy) is 2. The van der Waals surface area contributed by atoms with Crippen molar-refractivity contribution in [1.29, 1.82) is 0 Å². The van der Waals surface area contributed by atoms with Crippen molar-refractivity contribution in [2.24, 2.45) is 34.8 Å². The molecule has 12 nitrogen and oxygen atoms in total.